The molecule has 114 valence electrons. The molecular formula is C17H19N3S2. The van der Waals surface area contributed by atoms with Gasteiger partial charge in [0.05, 0.1) is 0 Å². The number of aromatic nitrogens is 3. The van der Waals surface area contributed by atoms with E-state index in [-0.39, 0.29) is 0 Å². The van der Waals surface area contributed by atoms with Crippen LogP contribution in [-0.4, -0.2) is 14.8 Å². The molecule has 0 fully saturated rings. The van der Waals surface area contributed by atoms with E-state index < -0.39 is 0 Å². The summed E-state index contributed by atoms with van der Waals surface area (Å²) in [5, 5.41) is 11.9. The lowest BCUT2D eigenvalue weighted by Gasteiger charge is -2.07. The second kappa shape index (κ2) is 6.67. The van der Waals surface area contributed by atoms with Crippen LogP contribution in [0.4, 0.5) is 0 Å². The van der Waals surface area contributed by atoms with E-state index in [1.54, 1.807) is 23.1 Å². The van der Waals surface area contributed by atoms with Crippen LogP contribution in [0.25, 0.3) is 11.4 Å². The van der Waals surface area contributed by atoms with Gasteiger partial charge >= 0.3 is 0 Å². The highest BCUT2D eigenvalue weighted by Crippen LogP contribution is 2.29. The van der Waals surface area contributed by atoms with Gasteiger partial charge in [-0.2, -0.15) is 0 Å². The van der Waals surface area contributed by atoms with Crippen molar-refractivity contribution in [1.82, 2.24) is 14.8 Å². The van der Waals surface area contributed by atoms with Gasteiger partial charge in [0.2, 0.25) is 0 Å². The number of hydrogen-bond donors (Lipinski definition) is 0. The quantitative estimate of drug-likeness (QED) is 0.621. The third kappa shape index (κ3) is 3.10. The molecule has 0 N–H and O–H groups in total. The number of benzene rings is 1. The van der Waals surface area contributed by atoms with Gasteiger partial charge in [0.1, 0.15) is 0 Å². The maximum absolute atomic E-state index is 4.40. The van der Waals surface area contributed by atoms with Gasteiger partial charge in [-0.1, -0.05) is 36.0 Å². The zero-order valence-corrected chi connectivity index (χ0v) is 14.7. The molecule has 2 aromatic heterocycles. The predicted molar refractivity (Wildman–Crippen MR) is 94.5 cm³/mol. The maximum atomic E-state index is 4.40. The van der Waals surface area contributed by atoms with Gasteiger partial charge in [-0.05, 0) is 38.0 Å². The molecule has 0 aliphatic rings. The molecule has 0 saturated heterocycles. The Bertz CT molecular complexity index is 774. The monoisotopic (exact) mass is 329 g/mol. The van der Waals surface area contributed by atoms with Gasteiger partial charge in [0, 0.05) is 28.1 Å². The van der Waals surface area contributed by atoms with Crippen molar-refractivity contribution in [3.8, 4) is 11.4 Å². The molecule has 0 aliphatic heterocycles. The Morgan fingerprint density at radius 3 is 2.68 bits per heavy atom. The summed E-state index contributed by atoms with van der Waals surface area (Å²) in [4.78, 5) is 1.30. The van der Waals surface area contributed by atoms with E-state index in [1.165, 1.54) is 21.6 Å². The maximum Gasteiger partial charge on any atom is 0.191 e. The van der Waals surface area contributed by atoms with E-state index in [0.717, 1.165) is 23.3 Å². The minimum absolute atomic E-state index is 0.882. The van der Waals surface area contributed by atoms with Crippen molar-refractivity contribution in [2.45, 2.75) is 38.2 Å². The first kappa shape index (κ1) is 15.3. The zero-order chi connectivity index (χ0) is 15.5. The Labute approximate surface area is 139 Å². The number of aryl methyl sites for hydroxylation is 2. The second-order valence-corrected chi connectivity index (χ2v) is 7.27. The molecule has 3 aromatic rings. The molecule has 0 aliphatic carbocycles. The van der Waals surface area contributed by atoms with Crippen molar-refractivity contribution < 1.29 is 0 Å². The van der Waals surface area contributed by atoms with E-state index in [9.17, 15) is 0 Å². The molecule has 0 bridgehead atoms. The largest absolute Gasteiger partial charge is 0.302 e. The normalized spacial score (nSPS) is 11.0. The van der Waals surface area contributed by atoms with E-state index in [0.29, 0.717) is 0 Å². The Morgan fingerprint density at radius 2 is 2.00 bits per heavy atom. The molecule has 0 saturated carbocycles. The van der Waals surface area contributed by atoms with Crippen LogP contribution < -0.4 is 0 Å². The van der Waals surface area contributed by atoms with Crippen molar-refractivity contribution in [2.24, 2.45) is 0 Å². The SMILES string of the molecule is CCn1c(SCc2ccccc2C)nnc1-c1csc(C)c1. The van der Waals surface area contributed by atoms with Crippen molar-refractivity contribution in [3.05, 3.63) is 51.7 Å². The molecule has 5 heteroatoms. The van der Waals surface area contributed by atoms with Gasteiger partial charge in [0.25, 0.3) is 0 Å². The van der Waals surface area contributed by atoms with Crippen LogP contribution in [0.3, 0.4) is 0 Å². The summed E-state index contributed by atoms with van der Waals surface area (Å²) in [7, 11) is 0. The lowest BCUT2D eigenvalue weighted by Crippen LogP contribution is -1.99. The van der Waals surface area contributed by atoms with E-state index >= 15 is 0 Å². The Morgan fingerprint density at radius 1 is 1.18 bits per heavy atom. The minimum Gasteiger partial charge on any atom is -0.302 e. The minimum atomic E-state index is 0.882. The van der Waals surface area contributed by atoms with Crippen LogP contribution in [0.1, 0.15) is 22.9 Å². The number of thioether (sulfide) groups is 1. The summed E-state index contributed by atoms with van der Waals surface area (Å²) < 4.78 is 2.20. The van der Waals surface area contributed by atoms with E-state index in [1.807, 2.05) is 0 Å². The summed E-state index contributed by atoms with van der Waals surface area (Å²) in [6.45, 7) is 7.30. The average Bonchev–Trinajstić information content (AvgIpc) is 3.12. The molecule has 0 atom stereocenters. The smallest absolute Gasteiger partial charge is 0.191 e. The lowest BCUT2D eigenvalue weighted by molar-refractivity contribution is 0.687. The number of thiophene rings is 1. The van der Waals surface area contributed by atoms with Crippen LogP contribution in [0, 0.1) is 13.8 Å². The van der Waals surface area contributed by atoms with Crippen LogP contribution in [0.2, 0.25) is 0 Å². The second-order valence-electron chi connectivity index (χ2n) is 5.21. The van der Waals surface area contributed by atoms with E-state index in [2.05, 4.69) is 71.2 Å². The molecule has 2 heterocycles. The Kier molecular flexibility index (Phi) is 4.64. The molecule has 22 heavy (non-hydrogen) atoms. The highest BCUT2D eigenvalue weighted by atomic mass is 32.2. The van der Waals surface area contributed by atoms with Crippen LogP contribution in [0.5, 0.6) is 0 Å². The van der Waals surface area contributed by atoms with Crippen LogP contribution >= 0.6 is 23.1 Å². The van der Waals surface area contributed by atoms with Crippen molar-refractivity contribution in [3.63, 3.8) is 0 Å². The molecular weight excluding hydrogens is 310 g/mol. The van der Waals surface area contributed by atoms with Crippen LogP contribution in [0.15, 0.2) is 40.9 Å². The molecule has 0 spiro atoms. The average molecular weight is 329 g/mol. The third-order valence-corrected chi connectivity index (χ3v) is 5.52. The first-order valence-electron chi connectivity index (χ1n) is 7.35. The fourth-order valence-corrected chi connectivity index (χ4v) is 4.13. The topological polar surface area (TPSA) is 30.7 Å². The predicted octanol–water partition coefficient (Wildman–Crippen LogP) is 4.94. The first-order chi connectivity index (χ1) is 10.7. The number of rotatable bonds is 5. The highest BCUT2D eigenvalue weighted by molar-refractivity contribution is 7.98. The van der Waals surface area contributed by atoms with Gasteiger partial charge in [-0.3, -0.25) is 0 Å². The zero-order valence-electron chi connectivity index (χ0n) is 13.0. The molecule has 3 nitrogen and oxygen atoms in total. The summed E-state index contributed by atoms with van der Waals surface area (Å²) >= 11 is 3.51. The summed E-state index contributed by atoms with van der Waals surface area (Å²) in [6.07, 6.45) is 0. The third-order valence-electron chi connectivity index (χ3n) is 3.64. The van der Waals surface area contributed by atoms with Crippen molar-refractivity contribution in [1.29, 1.82) is 0 Å². The standard InChI is InChI=1S/C17H19N3S2/c1-4-20-16(15-9-13(3)21-11-15)18-19-17(20)22-10-14-8-6-5-7-12(14)2/h5-9,11H,4,10H2,1-3H3. The number of hydrogen-bond acceptors (Lipinski definition) is 4. The highest BCUT2D eigenvalue weighted by Gasteiger charge is 2.14. The van der Waals surface area contributed by atoms with Gasteiger partial charge < -0.3 is 4.57 Å². The van der Waals surface area contributed by atoms with Gasteiger partial charge in [-0.25, -0.2) is 0 Å². The fourth-order valence-electron chi connectivity index (χ4n) is 2.37. The molecule has 0 unspecified atom stereocenters. The van der Waals surface area contributed by atoms with Crippen molar-refractivity contribution in [2.75, 3.05) is 0 Å². The van der Waals surface area contributed by atoms with Crippen LogP contribution in [-0.2, 0) is 12.3 Å². The number of nitrogens with zero attached hydrogens (tertiary/aromatic N) is 3. The summed E-state index contributed by atoms with van der Waals surface area (Å²) in [6, 6.07) is 10.7. The van der Waals surface area contributed by atoms with Crippen molar-refractivity contribution >= 4 is 23.1 Å². The molecule has 3 rings (SSSR count). The lowest BCUT2D eigenvalue weighted by atomic mass is 10.1. The first-order valence-corrected chi connectivity index (χ1v) is 9.21. The Balaban J connectivity index is 1.83. The van der Waals surface area contributed by atoms with Gasteiger partial charge in [0.15, 0.2) is 11.0 Å². The van der Waals surface area contributed by atoms with Gasteiger partial charge in [-0.15, -0.1) is 21.5 Å². The molecule has 0 radical (unpaired) electrons. The fraction of sp³-hybridized carbons (Fsp3) is 0.294. The van der Waals surface area contributed by atoms with E-state index in [4.69, 9.17) is 0 Å². The molecule has 0 amide bonds. The summed E-state index contributed by atoms with van der Waals surface area (Å²) in [5.74, 6) is 1.90. The Hall–Kier alpha value is -1.59. The summed E-state index contributed by atoms with van der Waals surface area (Å²) in [5.41, 5.74) is 3.84. The molecule has 1 aromatic carbocycles.